The van der Waals surface area contributed by atoms with Crippen LogP contribution < -0.4 is 4.90 Å². The van der Waals surface area contributed by atoms with Crippen molar-refractivity contribution in [3.05, 3.63) is 47.3 Å². The van der Waals surface area contributed by atoms with Gasteiger partial charge in [-0.25, -0.2) is 4.90 Å². The Morgan fingerprint density at radius 2 is 1.85 bits per heavy atom. The lowest BCUT2D eigenvalue weighted by atomic mass is 9.87. The van der Waals surface area contributed by atoms with Crippen LogP contribution in [0.3, 0.4) is 0 Å². The first-order valence-corrected chi connectivity index (χ1v) is 9.48. The van der Waals surface area contributed by atoms with Crippen LogP contribution in [0.1, 0.15) is 36.0 Å². The predicted molar refractivity (Wildman–Crippen MR) is 99.5 cm³/mol. The topological polar surface area (TPSA) is 93.9 Å². The lowest BCUT2D eigenvalue weighted by Gasteiger charge is -2.36. The van der Waals surface area contributed by atoms with E-state index < -0.39 is 11.2 Å². The first kappa shape index (κ1) is 17.5. The summed E-state index contributed by atoms with van der Waals surface area (Å²) in [5.41, 5.74) is 6.00. The number of amides is 1. The number of carbonyl (C=O) groups excluding carboxylic acids is 1. The molecular formula is C19H20N2O4S. The molecule has 26 heavy (non-hydrogen) atoms. The molecule has 3 N–H and O–H groups in total. The van der Waals surface area contributed by atoms with Gasteiger partial charge in [0.15, 0.2) is 0 Å². The summed E-state index contributed by atoms with van der Waals surface area (Å²) in [4.78, 5) is 17.4. The Balaban J connectivity index is 1.78. The van der Waals surface area contributed by atoms with Gasteiger partial charge < -0.3 is 14.8 Å². The fraction of sp³-hybridized carbons (Fsp3) is 0.368. The standard InChI is InChI=1S/C19H20N2O4S/c22-18-8-6-13-9-12(5-7-17(13)21(18)19(23,24)26-25)16-11-20-10-14-3-1-2-4-15(14)16/h5,7,9-11,23-25H,1-4,6,8H2. The van der Waals surface area contributed by atoms with E-state index in [1.54, 1.807) is 6.07 Å². The van der Waals surface area contributed by atoms with E-state index in [4.69, 9.17) is 4.55 Å². The number of rotatable bonds is 3. The fourth-order valence-electron chi connectivity index (χ4n) is 3.93. The van der Waals surface area contributed by atoms with Crippen LogP contribution in [0.2, 0.25) is 0 Å². The molecule has 2 aliphatic rings. The Morgan fingerprint density at radius 1 is 1.04 bits per heavy atom. The van der Waals surface area contributed by atoms with Crippen molar-refractivity contribution in [2.45, 2.75) is 43.8 Å². The molecule has 0 bridgehead atoms. The van der Waals surface area contributed by atoms with Crippen molar-refractivity contribution in [3.63, 3.8) is 0 Å². The molecule has 1 amide bonds. The van der Waals surface area contributed by atoms with E-state index in [1.165, 1.54) is 24.0 Å². The normalized spacial score (nSPS) is 17.0. The van der Waals surface area contributed by atoms with Gasteiger partial charge in [0.05, 0.1) is 17.7 Å². The molecule has 1 aliphatic carbocycles. The minimum Gasteiger partial charge on any atom is -0.338 e. The molecule has 1 aliphatic heterocycles. The minimum atomic E-state index is -2.68. The van der Waals surface area contributed by atoms with Crippen molar-refractivity contribution in [2.75, 3.05) is 4.90 Å². The maximum Gasteiger partial charge on any atom is 0.332 e. The number of aryl methyl sites for hydroxylation is 2. The van der Waals surface area contributed by atoms with Gasteiger partial charge in [0, 0.05) is 24.4 Å². The Kier molecular flexibility index (Phi) is 4.48. The van der Waals surface area contributed by atoms with E-state index in [-0.39, 0.29) is 18.5 Å². The molecule has 1 aromatic heterocycles. The second-order valence-corrected chi connectivity index (χ2v) is 7.50. The monoisotopic (exact) mass is 372 g/mol. The van der Waals surface area contributed by atoms with E-state index in [1.807, 2.05) is 24.5 Å². The Hall–Kier alpha value is -1.93. The molecular weight excluding hydrogens is 352 g/mol. The van der Waals surface area contributed by atoms with E-state index in [0.29, 0.717) is 12.1 Å². The van der Waals surface area contributed by atoms with Crippen LogP contribution in [0.25, 0.3) is 11.1 Å². The second kappa shape index (κ2) is 6.66. The van der Waals surface area contributed by atoms with Crippen LogP contribution in [0.15, 0.2) is 30.6 Å². The number of fused-ring (bicyclic) bond motifs is 2. The largest absolute Gasteiger partial charge is 0.338 e. The van der Waals surface area contributed by atoms with Crippen LogP contribution in [0, 0.1) is 0 Å². The number of hydrogen-bond acceptors (Lipinski definition) is 6. The van der Waals surface area contributed by atoms with Gasteiger partial charge >= 0.3 is 5.24 Å². The van der Waals surface area contributed by atoms with Gasteiger partial charge in [-0.1, -0.05) is 6.07 Å². The molecule has 4 rings (SSSR count). The number of hydrogen-bond donors (Lipinski definition) is 3. The molecule has 0 saturated carbocycles. The SMILES string of the molecule is O=C1CCc2cc(-c3cncc4c3CCCC4)ccc2N1C(O)(O)SO. The van der Waals surface area contributed by atoms with Crippen LogP contribution in [-0.4, -0.2) is 30.9 Å². The number of pyridine rings is 1. The average molecular weight is 372 g/mol. The van der Waals surface area contributed by atoms with Gasteiger partial charge in [0.2, 0.25) is 5.91 Å². The summed E-state index contributed by atoms with van der Waals surface area (Å²) < 4.78 is 9.17. The summed E-state index contributed by atoms with van der Waals surface area (Å²) in [6.07, 6.45) is 8.94. The van der Waals surface area contributed by atoms with Crippen molar-refractivity contribution in [1.82, 2.24) is 4.98 Å². The molecule has 1 aromatic carbocycles. The summed E-state index contributed by atoms with van der Waals surface area (Å²) in [5.74, 6) is -0.435. The molecule has 0 unspecified atom stereocenters. The van der Waals surface area contributed by atoms with Crippen molar-refractivity contribution in [1.29, 1.82) is 0 Å². The molecule has 136 valence electrons. The average Bonchev–Trinajstić information content (AvgIpc) is 2.67. The Bertz CT molecular complexity index is 869. The highest BCUT2D eigenvalue weighted by atomic mass is 32.2. The number of aromatic nitrogens is 1. The van der Waals surface area contributed by atoms with Gasteiger partial charge in [-0.2, -0.15) is 0 Å². The Morgan fingerprint density at radius 3 is 2.65 bits per heavy atom. The fourth-order valence-corrected chi connectivity index (χ4v) is 4.21. The number of nitrogens with zero attached hydrogens (tertiary/aromatic N) is 2. The van der Waals surface area contributed by atoms with Gasteiger partial charge in [-0.05, 0) is 66.5 Å². The van der Waals surface area contributed by atoms with Gasteiger partial charge in [-0.15, -0.1) is 0 Å². The highest BCUT2D eigenvalue weighted by molar-refractivity contribution is 7.94. The lowest BCUT2D eigenvalue weighted by Crippen LogP contribution is -2.51. The third-order valence-corrected chi connectivity index (χ3v) is 5.60. The van der Waals surface area contributed by atoms with Crippen molar-refractivity contribution < 1.29 is 19.6 Å². The number of carbonyl (C=O) groups is 1. The van der Waals surface area contributed by atoms with Crippen molar-refractivity contribution >= 4 is 23.6 Å². The zero-order valence-corrected chi connectivity index (χ0v) is 15.0. The van der Waals surface area contributed by atoms with Gasteiger partial charge in [0.25, 0.3) is 0 Å². The smallest absolute Gasteiger partial charge is 0.332 e. The first-order chi connectivity index (χ1) is 12.5. The number of benzene rings is 1. The number of aliphatic hydroxyl groups is 2. The van der Waals surface area contributed by atoms with Gasteiger partial charge in [-0.3, -0.25) is 9.78 Å². The summed E-state index contributed by atoms with van der Waals surface area (Å²) in [6.45, 7) is 0. The summed E-state index contributed by atoms with van der Waals surface area (Å²) >= 11 is -0.174. The third-order valence-electron chi connectivity index (χ3n) is 5.17. The van der Waals surface area contributed by atoms with E-state index in [9.17, 15) is 15.0 Å². The highest BCUT2D eigenvalue weighted by Crippen LogP contribution is 2.39. The van der Waals surface area contributed by atoms with Crippen molar-refractivity contribution in [3.8, 4) is 11.1 Å². The zero-order chi connectivity index (χ0) is 18.3. The lowest BCUT2D eigenvalue weighted by molar-refractivity contribution is -0.132. The van der Waals surface area contributed by atoms with Crippen LogP contribution in [0.4, 0.5) is 5.69 Å². The van der Waals surface area contributed by atoms with Crippen LogP contribution in [0.5, 0.6) is 0 Å². The predicted octanol–water partition coefficient (Wildman–Crippen LogP) is 2.71. The molecule has 0 saturated heterocycles. The van der Waals surface area contributed by atoms with Gasteiger partial charge in [0.1, 0.15) is 0 Å². The van der Waals surface area contributed by atoms with E-state index in [2.05, 4.69) is 4.98 Å². The van der Waals surface area contributed by atoms with E-state index >= 15 is 0 Å². The molecule has 0 radical (unpaired) electrons. The summed E-state index contributed by atoms with van der Waals surface area (Å²) in [6, 6.07) is 5.56. The molecule has 0 atom stereocenters. The molecule has 2 heterocycles. The molecule has 6 nitrogen and oxygen atoms in total. The highest BCUT2D eigenvalue weighted by Gasteiger charge is 2.41. The maximum absolute atomic E-state index is 12.2. The summed E-state index contributed by atoms with van der Waals surface area (Å²) in [7, 11) is 0. The molecule has 2 aromatic rings. The van der Waals surface area contributed by atoms with Crippen LogP contribution >= 0.6 is 12.0 Å². The maximum atomic E-state index is 12.2. The molecule has 0 fully saturated rings. The molecule has 7 heteroatoms. The number of anilines is 1. The zero-order valence-electron chi connectivity index (χ0n) is 14.2. The van der Waals surface area contributed by atoms with Crippen molar-refractivity contribution in [2.24, 2.45) is 0 Å². The second-order valence-electron chi connectivity index (χ2n) is 6.77. The van der Waals surface area contributed by atoms with E-state index in [0.717, 1.165) is 34.4 Å². The minimum absolute atomic E-state index is 0.158. The first-order valence-electron chi connectivity index (χ1n) is 8.70. The molecule has 0 spiro atoms. The van der Waals surface area contributed by atoms with Crippen LogP contribution in [-0.2, 0) is 24.1 Å². The summed E-state index contributed by atoms with van der Waals surface area (Å²) in [5, 5.41) is 17.3. The Labute approximate surface area is 155 Å². The third kappa shape index (κ3) is 2.91. The quantitative estimate of drug-likeness (QED) is 0.567.